The summed E-state index contributed by atoms with van der Waals surface area (Å²) in [7, 11) is 0. The summed E-state index contributed by atoms with van der Waals surface area (Å²) in [5.41, 5.74) is 1.39. The van der Waals surface area contributed by atoms with Crippen LogP contribution >= 0.6 is 23.2 Å². The van der Waals surface area contributed by atoms with E-state index >= 15 is 0 Å². The molecule has 0 heterocycles. The van der Waals surface area contributed by atoms with Crippen LogP contribution in [0.3, 0.4) is 0 Å². The summed E-state index contributed by atoms with van der Waals surface area (Å²) >= 11 is 11.0. The largest absolute Gasteiger partial charge is 0.312 e. The zero-order valence-electron chi connectivity index (χ0n) is 7.03. The highest BCUT2D eigenvalue weighted by Gasteiger charge is 1.93. The van der Waals surface area contributed by atoms with E-state index in [1.54, 1.807) is 0 Å². The van der Waals surface area contributed by atoms with Crippen molar-refractivity contribution >= 4 is 23.2 Å². The molecule has 0 aromatic rings. The average Bonchev–Trinajstić information content (AvgIpc) is 1.97. The van der Waals surface area contributed by atoms with Crippen molar-refractivity contribution in [3.05, 3.63) is 10.6 Å². The summed E-state index contributed by atoms with van der Waals surface area (Å²) in [6.45, 7) is 6.07. The van der Waals surface area contributed by atoms with E-state index in [1.807, 2.05) is 0 Å². The quantitative estimate of drug-likeness (QED) is 0.666. The lowest BCUT2D eigenvalue weighted by atomic mass is 10.1. The highest BCUT2D eigenvalue weighted by atomic mass is 35.5. The van der Waals surface area contributed by atoms with Crippen LogP contribution in [-0.4, -0.2) is 13.1 Å². The monoisotopic (exact) mass is 195 g/mol. The number of hydrogen-bond donors (Lipinski definition) is 1. The molecule has 0 atom stereocenters. The lowest BCUT2D eigenvalue weighted by Gasteiger charge is -2.05. The van der Waals surface area contributed by atoms with Gasteiger partial charge >= 0.3 is 0 Å². The molecular formula is C8H15Cl2N. The number of hydrogen-bond acceptors (Lipinski definition) is 1. The second-order valence-corrected chi connectivity index (χ2v) is 3.62. The molecule has 11 heavy (non-hydrogen) atoms. The third-order valence-electron chi connectivity index (χ3n) is 1.31. The van der Waals surface area contributed by atoms with Crippen molar-refractivity contribution in [2.24, 2.45) is 5.92 Å². The van der Waals surface area contributed by atoms with Crippen LogP contribution in [0.1, 0.15) is 20.3 Å². The van der Waals surface area contributed by atoms with Crippen LogP contribution in [0.2, 0.25) is 0 Å². The first-order chi connectivity index (χ1) is 5.16. The molecule has 66 valence electrons. The maximum absolute atomic E-state index is 5.65. The molecule has 0 fully saturated rings. The van der Waals surface area contributed by atoms with Crippen LogP contribution in [0.15, 0.2) is 10.6 Å². The van der Waals surface area contributed by atoms with Gasteiger partial charge in [0.1, 0.15) is 0 Å². The third-order valence-corrected chi connectivity index (χ3v) is 1.93. The number of halogens is 2. The van der Waals surface area contributed by atoms with Crippen molar-refractivity contribution in [1.29, 1.82) is 0 Å². The van der Waals surface area contributed by atoms with Gasteiger partial charge in [0.05, 0.1) is 0 Å². The van der Waals surface area contributed by atoms with Crippen molar-refractivity contribution in [1.82, 2.24) is 5.32 Å². The van der Waals surface area contributed by atoms with Gasteiger partial charge in [0, 0.05) is 17.1 Å². The summed E-state index contributed by atoms with van der Waals surface area (Å²) in [6.07, 6.45) is 1.17. The molecule has 1 N–H and O–H groups in total. The van der Waals surface area contributed by atoms with Crippen LogP contribution in [0, 0.1) is 5.92 Å². The first-order valence-corrected chi connectivity index (χ1v) is 4.63. The molecular weight excluding hydrogens is 181 g/mol. The molecule has 1 nitrogen and oxygen atoms in total. The lowest BCUT2D eigenvalue weighted by Crippen LogP contribution is -2.18. The van der Waals surface area contributed by atoms with E-state index in [2.05, 4.69) is 19.2 Å². The van der Waals surface area contributed by atoms with Crippen molar-refractivity contribution in [3.8, 4) is 0 Å². The van der Waals surface area contributed by atoms with Crippen molar-refractivity contribution in [2.45, 2.75) is 20.3 Å². The second-order valence-electron chi connectivity index (χ2n) is 2.92. The van der Waals surface area contributed by atoms with E-state index < -0.39 is 0 Å². The average molecular weight is 196 g/mol. The predicted octanol–water partition coefficient (Wildman–Crippen LogP) is 2.94. The molecule has 0 rings (SSSR count). The van der Waals surface area contributed by atoms with E-state index in [-0.39, 0.29) is 0 Å². The Bertz CT molecular complexity index is 121. The van der Waals surface area contributed by atoms with Gasteiger partial charge in [0.2, 0.25) is 0 Å². The molecule has 0 aromatic carbocycles. The van der Waals surface area contributed by atoms with Crippen LogP contribution < -0.4 is 5.32 Å². The Hall–Kier alpha value is 0.280. The van der Waals surface area contributed by atoms with E-state index in [9.17, 15) is 0 Å². The summed E-state index contributed by atoms with van der Waals surface area (Å²) in [5.74, 6) is 0.737. The minimum atomic E-state index is 0.662. The van der Waals surface area contributed by atoms with Gasteiger partial charge in [-0.1, -0.05) is 37.0 Å². The van der Waals surface area contributed by atoms with Gasteiger partial charge in [-0.05, 0) is 18.9 Å². The minimum Gasteiger partial charge on any atom is -0.312 e. The van der Waals surface area contributed by atoms with Gasteiger partial charge in [-0.15, -0.1) is 0 Å². The second kappa shape index (κ2) is 6.96. The molecule has 0 aromatic heterocycles. The smallest absolute Gasteiger partial charge is 0.0431 e. The van der Waals surface area contributed by atoms with Gasteiger partial charge in [0.15, 0.2) is 0 Å². The van der Waals surface area contributed by atoms with E-state index in [1.165, 1.54) is 12.0 Å². The van der Waals surface area contributed by atoms with Gasteiger partial charge in [-0.2, -0.15) is 0 Å². The molecule has 0 saturated heterocycles. The molecule has 0 unspecified atom stereocenters. The summed E-state index contributed by atoms with van der Waals surface area (Å²) in [6, 6.07) is 0. The maximum Gasteiger partial charge on any atom is 0.0431 e. The Morgan fingerprint density at radius 3 is 2.64 bits per heavy atom. The lowest BCUT2D eigenvalue weighted by molar-refractivity contribution is 0.551. The zero-order valence-corrected chi connectivity index (χ0v) is 8.54. The normalized spacial score (nSPS) is 12.6. The van der Waals surface area contributed by atoms with Crippen LogP contribution in [0.5, 0.6) is 0 Å². The predicted molar refractivity (Wildman–Crippen MR) is 52.1 cm³/mol. The molecule has 3 heteroatoms. The number of nitrogens with one attached hydrogen (secondary N) is 1. The summed E-state index contributed by atoms with van der Waals surface area (Å²) in [4.78, 5) is 0. The van der Waals surface area contributed by atoms with Crippen LogP contribution in [-0.2, 0) is 0 Å². The van der Waals surface area contributed by atoms with E-state index in [0.29, 0.717) is 11.6 Å². The molecule has 0 bridgehead atoms. The highest BCUT2D eigenvalue weighted by molar-refractivity contribution is 6.36. The summed E-state index contributed by atoms with van der Waals surface area (Å²) in [5, 5.41) is 3.85. The van der Waals surface area contributed by atoms with E-state index in [4.69, 9.17) is 23.2 Å². The molecule has 0 aliphatic rings. The molecule has 0 amide bonds. The molecule has 0 saturated carbocycles. The van der Waals surface area contributed by atoms with Gasteiger partial charge in [-0.25, -0.2) is 0 Å². The van der Waals surface area contributed by atoms with Crippen LogP contribution in [0.25, 0.3) is 0 Å². The SMILES string of the molecule is CC(C)CCNCC(Cl)=CCl. The first-order valence-electron chi connectivity index (χ1n) is 3.82. The Balaban J connectivity index is 3.15. The first kappa shape index (κ1) is 11.3. The fraction of sp³-hybridized carbons (Fsp3) is 0.750. The highest BCUT2D eigenvalue weighted by Crippen LogP contribution is 2.01. The molecule has 0 aliphatic carbocycles. The summed E-state index contributed by atoms with van der Waals surface area (Å²) < 4.78 is 0. The fourth-order valence-corrected chi connectivity index (χ4v) is 0.809. The maximum atomic E-state index is 5.65. The Morgan fingerprint density at radius 2 is 2.18 bits per heavy atom. The van der Waals surface area contributed by atoms with Crippen molar-refractivity contribution < 1.29 is 0 Å². The Morgan fingerprint density at radius 1 is 1.55 bits per heavy atom. The fourth-order valence-electron chi connectivity index (χ4n) is 0.637. The number of rotatable bonds is 5. The zero-order chi connectivity index (χ0) is 8.69. The minimum absolute atomic E-state index is 0.662. The van der Waals surface area contributed by atoms with Crippen molar-refractivity contribution in [2.75, 3.05) is 13.1 Å². The third kappa shape index (κ3) is 8.18. The van der Waals surface area contributed by atoms with Gasteiger partial charge in [0.25, 0.3) is 0 Å². The Kier molecular flexibility index (Phi) is 7.13. The van der Waals surface area contributed by atoms with Gasteiger partial charge in [-0.3, -0.25) is 0 Å². The Labute approximate surface area is 78.8 Å². The molecule has 0 aliphatic heterocycles. The molecule has 0 radical (unpaired) electrons. The van der Waals surface area contributed by atoms with Gasteiger partial charge < -0.3 is 5.32 Å². The topological polar surface area (TPSA) is 12.0 Å². The van der Waals surface area contributed by atoms with Crippen molar-refractivity contribution in [3.63, 3.8) is 0 Å². The van der Waals surface area contributed by atoms with Crippen LogP contribution in [0.4, 0.5) is 0 Å². The molecule has 0 spiro atoms. The van der Waals surface area contributed by atoms with E-state index in [0.717, 1.165) is 12.5 Å². The standard InChI is InChI=1S/C8H15Cl2N/c1-7(2)3-4-11-6-8(10)5-9/h5,7,11H,3-4,6H2,1-2H3.